The van der Waals surface area contributed by atoms with E-state index in [2.05, 4.69) is 5.43 Å². The first-order valence-corrected chi connectivity index (χ1v) is 5.36. The van der Waals surface area contributed by atoms with Crippen molar-refractivity contribution in [2.24, 2.45) is 0 Å². The van der Waals surface area contributed by atoms with Crippen molar-refractivity contribution in [3.63, 3.8) is 0 Å². The van der Waals surface area contributed by atoms with Crippen molar-refractivity contribution in [3.8, 4) is 11.1 Å². The molecule has 1 aliphatic carbocycles. The van der Waals surface area contributed by atoms with Crippen LogP contribution in [0.25, 0.3) is 11.1 Å². The minimum absolute atomic E-state index is 0.0845. The van der Waals surface area contributed by atoms with Crippen LogP contribution in [0.1, 0.15) is 12.8 Å². The quantitative estimate of drug-likeness (QED) is 0.793. The van der Waals surface area contributed by atoms with Crippen molar-refractivity contribution >= 4 is 11.6 Å². The van der Waals surface area contributed by atoms with Crippen LogP contribution in [0, 0.1) is 0 Å². The van der Waals surface area contributed by atoms with Gasteiger partial charge in [-0.25, -0.2) is 0 Å². The van der Waals surface area contributed by atoms with Crippen molar-refractivity contribution < 1.29 is 9.21 Å². The molecule has 0 unspecified atom stereocenters. The predicted octanol–water partition coefficient (Wildman–Crippen LogP) is 2.02. The van der Waals surface area contributed by atoms with Crippen molar-refractivity contribution in [1.82, 2.24) is 5.43 Å². The Labute approximate surface area is 93.2 Å². The van der Waals surface area contributed by atoms with Gasteiger partial charge in [0.25, 0.3) is 0 Å². The summed E-state index contributed by atoms with van der Waals surface area (Å²) in [7, 11) is 0. The van der Waals surface area contributed by atoms with E-state index in [-0.39, 0.29) is 5.91 Å². The third-order valence-electron chi connectivity index (χ3n) is 2.85. The van der Waals surface area contributed by atoms with Gasteiger partial charge in [-0.2, -0.15) is 0 Å². The third kappa shape index (κ3) is 1.43. The summed E-state index contributed by atoms with van der Waals surface area (Å²) in [6.45, 7) is 0.858. The minimum Gasteiger partial charge on any atom is -0.472 e. The van der Waals surface area contributed by atoms with E-state index >= 15 is 0 Å². The molecule has 3 aliphatic rings. The highest BCUT2D eigenvalue weighted by Crippen LogP contribution is 2.34. The number of nitrogens with zero attached hydrogens (tertiary/aromatic N) is 1. The van der Waals surface area contributed by atoms with E-state index in [9.17, 15) is 4.79 Å². The Kier molecular flexibility index (Phi) is 2.06. The molecular formula is C12H12N2O2. The van der Waals surface area contributed by atoms with E-state index in [0.717, 1.165) is 29.8 Å². The molecule has 82 valence electrons. The number of carbonyl (C=O) groups is 1. The summed E-state index contributed by atoms with van der Waals surface area (Å²) in [6.07, 6.45) is 4.88. The smallest absolute Gasteiger partial charge is 0.238 e. The second-order valence-electron chi connectivity index (χ2n) is 3.93. The Balaban J connectivity index is 1.97. The SMILES string of the molecule is O=C1CCCN(c2ccc3coccc2-3)N1. The Bertz CT molecular complexity index is 492. The molecule has 1 fully saturated rings. The van der Waals surface area contributed by atoms with Crippen LogP contribution >= 0.6 is 0 Å². The molecule has 0 radical (unpaired) electrons. The highest BCUT2D eigenvalue weighted by atomic mass is 16.3. The first-order chi connectivity index (χ1) is 7.84. The fourth-order valence-electron chi connectivity index (χ4n) is 2.08. The second kappa shape index (κ2) is 3.56. The Morgan fingerprint density at radius 2 is 2.25 bits per heavy atom. The monoisotopic (exact) mass is 216 g/mol. The summed E-state index contributed by atoms with van der Waals surface area (Å²) in [4.78, 5) is 11.3. The number of nitrogens with one attached hydrogen (secondary N) is 1. The van der Waals surface area contributed by atoms with Crippen molar-refractivity contribution in [2.75, 3.05) is 11.6 Å². The molecule has 0 aromatic heterocycles. The van der Waals surface area contributed by atoms with Gasteiger partial charge < -0.3 is 4.42 Å². The van der Waals surface area contributed by atoms with Gasteiger partial charge >= 0.3 is 0 Å². The molecule has 1 amide bonds. The van der Waals surface area contributed by atoms with Gasteiger partial charge in [0.2, 0.25) is 5.91 Å². The fraction of sp³-hybridized carbons (Fsp3) is 0.250. The van der Waals surface area contributed by atoms with Gasteiger partial charge in [-0.05, 0) is 24.6 Å². The van der Waals surface area contributed by atoms with Gasteiger partial charge in [-0.1, -0.05) is 0 Å². The Morgan fingerprint density at radius 1 is 1.31 bits per heavy atom. The predicted molar refractivity (Wildman–Crippen MR) is 60.1 cm³/mol. The first-order valence-electron chi connectivity index (χ1n) is 5.36. The van der Waals surface area contributed by atoms with E-state index < -0.39 is 0 Å². The van der Waals surface area contributed by atoms with Gasteiger partial charge in [0, 0.05) is 24.1 Å². The Hall–Kier alpha value is -1.97. The second-order valence-corrected chi connectivity index (χ2v) is 3.93. The normalized spacial score (nSPS) is 16.5. The number of anilines is 1. The molecule has 0 aromatic rings. The number of hydrogen-bond acceptors (Lipinski definition) is 3. The first kappa shape index (κ1) is 9.27. The lowest BCUT2D eigenvalue weighted by Gasteiger charge is -2.29. The maximum Gasteiger partial charge on any atom is 0.238 e. The molecule has 0 bridgehead atoms. The number of amides is 1. The minimum atomic E-state index is 0.0845. The van der Waals surface area contributed by atoms with Gasteiger partial charge in [-0.3, -0.25) is 15.2 Å². The van der Waals surface area contributed by atoms with Crippen LogP contribution in [0.3, 0.4) is 0 Å². The average molecular weight is 216 g/mol. The zero-order valence-corrected chi connectivity index (χ0v) is 8.77. The van der Waals surface area contributed by atoms with E-state index in [1.54, 1.807) is 12.5 Å². The number of carbonyl (C=O) groups excluding carboxylic acids is 1. The number of fused-ring (bicyclic) bond motifs is 1. The van der Waals surface area contributed by atoms with Crippen LogP contribution in [0.15, 0.2) is 35.1 Å². The summed E-state index contributed by atoms with van der Waals surface area (Å²) in [6, 6.07) is 5.92. The highest BCUT2D eigenvalue weighted by molar-refractivity contribution is 5.85. The summed E-state index contributed by atoms with van der Waals surface area (Å²) >= 11 is 0. The molecule has 2 heterocycles. The molecule has 1 saturated heterocycles. The number of hydrazine groups is 1. The zero-order chi connectivity index (χ0) is 11.0. The van der Waals surface area contributed by atoms with Crippen molar-refractivity contribution in [1.29, 1.82) is 0 Å². The van der Waals surface area contributed by atoms with Crippen LogP contribution in [0.2, 0.25) is 0 Å². The van der Waals surface area contributed by atoms with Crippen LogP contribution in [-0.2, 0) is 4.79 Å². The largest absolute Gasteiger partial charge is 0.472 e. The molecule has 3 rings (SSSR count). The van der Waals surface area contributed by atoms with Crippen LogP contribution in [-0.4, -0.2) is 12.5 Å². The van der Waals surface area contributed by atoms with Gasteiger partial charge in [0.15, 0.2) is 0 Å². The van der Waals surface area contributed by atoms with Gasteiger partial charge in [0.1, 0.15) is 0 Å². The van der Waals surface area contributed by atoms with Crippen LogP contribution in [0.4, 0.5) is 5.69 Å². The van der Waals surface area contributed by atoms with Gasteiger partial charge in [-0.15, -0.1) is 0 Å². The van der Waals surface area contributed by atoms with E-state index in [1.165, 1.54) is 0 Å². The molecule has 4 nitrogen and oxygen atoms in total. The maximum absolute atomic E-state index is 11.3. The molecule has 0 aromatic carbocycles. The maximum atomic E-state index is 11.3. The van der Waals surface area contributed by atoms with E-state index in [4.69, 9.17) is 4.42 Å². The Morgan fingerprint density at radius 3 is 3.12 bits per heavy atom. The highest BCUT2D eigenvalue weighted by Gasteiger charge is 2.20. The topological polar surface area (TPSA) is 45.5 Å². The van der Waals surface area contributed by atoms with E-state index in [1.807, 2.05) is 23.2 Å². The molecule has 16 heavy (non-hydrogen) atoms. The molecule has 0 saturated carbocycles. The van der Waals surface area contributed by atoms with Crippen molar-refractivity contribution in [2.45, 2.75) is 12.8 Å². The summed E-state index contributed by atoms with van der Waals surface area (Å²) in [5.74, 6) is 0.0845. The lowest BCUT2D eigenvalue weighted by Crippen LogP contribution is -2.46. The lowest BCUT2D eigenvalue weighted by molar-refractivity contribution is -0.122. The average Bonchev–Trinajstić information content (AvgIpc) is 2.72. The number of rotatable bonds is 1. The molecule has 2 aliphatic heterocycles. The summed E-state index contributed by atoms with van der Waals surface area (Å²) < 4.78 is 5.11. The van der Waals surface area contributed by atoms with E-state index in [0.29, 0.717) is 6.42 Å². The number of hydrogen-bond donors (Lipinski definition) is 1. The zero-order valence-electron chi connectivity index (χ0n) is 8.77. The molecule has 0 spiro atoms. The van der Waals surface area contributed by atoms with Crippen molar-refractivity contribution in [3.05, 3.63) is 30.7 Å². The molecule has 0 atom stereocenters. The van der Waals surface area contributed by atoms with Crippen LogP contribution < -0.4 is 10.4 Å². The fourth-order valence-corrected chi connectivity index (χ4v) is 2.08. The third-order valence-corrected chi connectivity index (χ3v) is 2.85. The van der Waals surface area contributed by atoms with Gasteiger partial charge in [0.05, 0.1) is 18.2 Å². The molecule has 1 N–H and O–H groups in total. The van der Waals surface area contributed by atoms with Crippen LogP contribution in [0.5, 0.6) is 0 Å². The standard InChI is InChI=1S/C12H12N2O2/c15-12-2-1-6-14(13-12)11-4-3-9-8-16-7-5-10(9)11/h3-5,7-8H,1-2,6H2,(H,13,15). The molecular weight excluding hydrogens is 204 g/mol. The summed E-state index contributed by atoms with van der Waals surface area (Å²) in [5.41, 5.74) is 6.07. The lowest BCUT2D eigenvalue weighted by atomic mass is 10.1. The molecule has 4 heteroatoms. The summed E-state index contributed by atoms with van der Waals surface area (Å²) in [5, 5.41) is 1.91.